The summed E-state index contributed by atoms with van der Waals surface area (Å²) in [6.45, 7) is 0. The van der Waals surface area contributed by atoms with Gasteiger partial charge in [-0.1, -0.05) is 28.1 Å². The van der Waals surface area contributed by atoms with E-state index in [4.69, 9.17) is 0 Å². The fraction of sp³-hybridized carbons (Fsp3) is 0.0500. The number of anilines is 2. The number of carbonyl (C=O) groups is 1. The largest absolute Gasteiger partial charge is 0.416 e. The van der Waals surface area contributed by atoms with Gasteiger partial charge < -0.3 is 10.0 Å². The lowest BCUT2D eigenvalue weighted by Gasteiger charge is -2.11. The van der Waals surface area contributed by atoms with Crippen LogP contribution in [0.2, 0.25) is 0 Å². The predicted molar refractivity (Wildman–Crippen MR) is 109 cm³/mol. The van der Waals surface area contributed by atoms with Crippen molar-refractivity contribution in [2.75, 3.05) is 10.0 Å². The molecule has 0 saturated heterocycles. The van der Waals surface area contributed by atoms with Gasteiger partial charge in [-0.05, 0) is 72.6 Å². The third-order valence-electron chi connectivity index (χ3n) is 3.67. The van der Waals surface area contributed by atoms with Gasteiger partial charge in [0.25, 0.3) is 5.91 Å². The molecule has 3 rings (SSSR count). The molecule has 8 heteroatoms. The van der Waals surface area contributed by atoms with E-state index in [0.29, 0.717) is 21.8 Å². The van der Waals surface area contributed by atoms with Crippen LogP contribution < -0.4 is 10.0 Å². The van der Waals surface area contributed by atoms with Crippen molar-refractivity contribution in [3.05, 3.63) is 88.4 Å². The molecule has 0 unspecified atom stereocenters. The third-order valence-corrected chi connectivity index (χ3v) is 5.03. The van der Waals surface area contributed by atoms with Crippen LogP contribution in [0.5, 0.6) is 0 Å². The molecule has 0 heterocycles. The maximum atomic E-state index is 12.8. The number of benzene rings is 3. The van der Waals surface area contributed by atoms with Gasteiger partial charge in [0.1, 0.15) is 0 Å². The highest BCUT2D eigenvalue weighted by molar-refractivity contribution is 9.10. The van der Waals surface area contributed by atoms with E-state index in [1.807, 2.05) is 12.1 Å². The predicted octanol–water partition coefficient (Wildman–Crippen LogP) is 6.84. The molecule has 0 aromatic heterocycles. The second-order valence-electron chi connectivity index (χ2n) is 5.77. The Morgan fingerprint density at radius 3 is 2.32 bits per heavy atom. The van der Waals surface area contributed by atoms with Crippen molar-refractivity contribution in [3.63, 3.8) is 0 Å². The molecular formula is C20H14BrF3N2OS. The van der Waals surface area contributed by atoms with Crippen LogP contribution in [0, 0.1) is 0 Å². The van der Waals surface area contributed by atoms with Gasteiger partial charge in [0.2, 0.25) is 0 Å². The highest BCUT2D eigenvalue weighted by Crippen LogP contribution is 2.32. The number of nitrogens with one attached hydrogen (secondary N) is 2. The van der Waals surface area contributed by atoms with E-state index in [9.17, 15) is 18.0 Å². The minimum atomic E-state index is -4.40. The molecule has 0 aliphatic heterocycles. The summed E-state index contributed by atoms with van der Waals surface area (Å²) in [5, 5.41) is 2.80. The maximum Gasteiger partial charge on any atom is 0.416 e. The van der Waals surface area contributed by atoms with Crippen LogP contribution in [0.25, 0.3) is 0 Å². The summed E-state index contributed by atoms with van der Waals surface area (Å²) in [5.41, 5.74) is 0.706. The van der Waals surface area contributed by atoms with Gasteiger partial charge in [0, 0.05) is 26.3 Å². The normalized spacial score (nSPS) is 11.1. The first-order valence-electron chi connectivity index (χ1n) is 8.08. The number of hydrogen-bond acceptors (Lipinski definition) is 3. The average molecular weight is 467 g/mol. The van der Waals surface area contributed by atoms with E-state index < -0.39 is 11.7 Å². The van der Waals surface area contributed by atoms with Crippen LogP contribution in [-0.2, 0) is 6.18 Å². The average Bonchev–Trinajstić information content (AvgIpc) is 2.68. The van der Waals surface area contributed by atoms with Gasteiger partial charge in [-0.15, -0.1) is 0 Å². The molecule has 3 aromatic carbocycles. The van der Waals surface area contributed by atoms with Crippen LogP contribution in [-0.4, -0.2) is 5.91 Å². The first-order chi connectivity index (χ1) is 13.3. The molecule has 3 aromatic rings. The monoisotopic (exact) mass is 466 g/mol. The van der Waals surface area contributed by atoms with Crippen molar-refractivity contribution in [2.24, 2.45) is 0 Å². The second kappa shape index (κ2) is 8.70. The molecule has 0 fully saturated rings. The number of amides is 1. The number of carbonyl (C=O) groups excluding carboxylic acids is 1. The van der Waals surface area contributed by atoms with Crippen molar-refractivity contribution in [1.29, 1.82) is 0 Å². The molecule has 0 aliphatic rings. The lowest BCUT2D eigenvalue weighted by Crippen LogP contribution is -2.11. The summed E-state index contributed by atoms with van der Waals surface area (Å²) >= 11 is 4.46. The molecule has 0 saturated carbocycles. The van der Waals surface area contributed by atoms with Crippen LogP contribution in [0.1, 0.15) is 15.9 Å². The quantitative estimate of drug-likeness (QED) is 0.404. The molecule has 1 amide bonds. The Kier molecular flexibility index (Phi) is 6.31. The van der Waals surface area contributed by atoms with E-state index >= 15 is 0 Å². The third kappa shape index (κ3) is 5.53. The molecule has 0 bridgehead atoms. The minimum Gasteiger partial charge on any atom is -0.326 e. The maximum absolute atomic E-state index is 12.8. The van der Waals surface area contributed by atoms with Crippen LogP contribution in [0.15, 0.2) is 82.2 Å². The molecule has 0 radical (unpaired) electrons. The Balaban J connectivity index is 1.66. The standard InChI is InChI=1S/C20H14BrF3N2OS/c21-15-7-9-16(10-8-15)25-19(27)13-3-1-6-18(11-13)28-26-17-5-2-4-14(12-17)20(22,23)24/h1-12,26H,(H,25,27). The van der Waals surface area contributed by atoms with Gasteiger partial charge in [-0.2, -0.15) is 13.2 Å². The lowest BCUT2D eigenvalue weighted by molar-refractivity contribution is -0.137. The van der Waals surface area contributed by atoms with Gasteiger partial charge >= 0.3 is 6.18 Å². The Hall–Kier alpha value is -2.45. The van der Waals surface area contributed by atoms with E-state index in [1.54, 1.807) is 42.5 Å². The molecule has 2 N–H and O–H groups in total. The number of alkyl halides is 3. The van der Waals surface area contributed by atoms with Gasteiger partial charge in [-0.3, -0.25) is 4.79 Å². The second-order valence-corrected chi connectivity index (χ2v) is 7.57. The van der Waals surface area contributed by atoms with Crippen molar-refractivity contribution in [1.82, 2.24) is 0 Å². The topological polar surface area (TPSA) is 41.1 Å². The molecule has 144 valence electrons. The Bertz CT molecular complexity index is 978. The van der Waals surface area contributed by atoms with E-state index in [2.05, 4.69) is 26.0 Å². The Morgan fingerprint density at radius 1 is 0.893 bits per heavy atom. The summed E-state index contributed by atoms with van der Waals surface area (Å²) in [7, 11) is 0. The van der Waals surface area contributed by atoms with E-state index in [1.165, 1.54) is 6.07 Å². The zero-order valence-electron chi connectivity index (χ0n) is 14.3. The van der Waals surface area contributed by atoms with Gasteiger partial charge in [-0.25, -0.2) is 0 Å². The zero-order valence-corrected chi connectivity index (χ0v) is 16.7. The highest BCUT2D eigenvalue weighted by atomic mass is 79.9. The lowest BCUT2D eigenvalue weighted by atomic mass is 10.2. The molecule has 0 spiro atoms. The van der Waals surface area contributed by atoms with Crippen molar-refractivity contribution in [3.8, 4) is 0 Å². The fourth-order valence-electron chi connectivity index (χ4n) is 2.31. The molecule has 3 nitrogen and oxygen atoms in total. The summed E-state index contributed by atoms with van der Waals surface area (Å²) in [6, 6.07) is 18.9. The van der Waals surface area contributed by atoms with Crippen molar-refractivity contribution >= 4 is 45.2 Å². The number of halogens is 4. The number of hydrogen-bond donors (Lipinski definition) is 2. The zero-order chi connectivity index (χ0) is 20.1. The van der Waals surface area contributed by atoms with Crippen LogP contribution >= 0.6 is 27.9 Å². The molecule has 28 heavy (non-hydrogen) atoms. The molecular weight excluding hydrogens is 453 g/mol. The van der Waals surface area contributed by atoms with Gasteiger partial charge in [0.05, 0.1) is 5.56 Å². The van der Waals surface area contributed by atoms with Crippen molar-refractivity contribution < 1.29 is 18.0 Å². The fourth-order valence-corrected chi connectivity index (χ4v) is 3.27. The first-order valence-corrected chi connectivity index (χ1v) is 9.69. The summed E-state index contributed by atoms with van der Waals surface area (Å²) in [6.07, 6.45) is -4.40. The Morgan fingerprint density at radius 2 is 1.61 bits per heavy atom. The van der Waals surface area contributed by atoms with Gasteiger partial charge in [0.15, 0.2) is 0 Å². The Labute approximate surface area is 172 Å². The minimum absolute atomic E-state index is 0.274. The molecule has 0 atom stereocenters. The smallest absolute Gasteiger partial charge is 0.326 e. The first kappa shape index (κ1) is 20.3. The molecule has 0 aliphatic carbocycles. The number of rotatable bonds is 5. The van der Waals surface area contributed by atoms with Crippen molar-refractivity contribution in [2.45, 2.75) is 11.1 Å². The van der Waals surface area contributed by atoms with Crippen LogP contribution in [0.3, 0.4) is 0 Å². The summed E-state index contributed by atoms with van der Waals surface area (Å²) in [4.78, 5) is 13.1. The van der Waals surface area contributed by atoms with Crippen LogP contribution in [0.4, 0.5) is 24.5 Å². The SMILES string of the molecule is O=C(Nc1ccc(Br)cc1)c1cccc(SNc2cccc(C(F)(F)F)c2)c1. The van der Waals surface area contributed by atoms with E-state index in [-0.39, 0.29) is 5.91 Å². The highest BCUT2D eigenvalue weighted by Gasteiger charge is 2.30. The summed E-state index contributed by atoms with van der Waals surface area (Å²) in [5.74, 6) is -0.274. The summed E-state index contributed by atoms with van der Waals surface area (Å²) < 4.78 is 42.2. The van der Waals surface area contributed by atoms with E-state index in [0.717, 1.165) is 28.6 Å².